The summed E-state index contributed by atoms with van der Waals surface area (Å²) in [6.45, 7) is 2.06. The Morgan fingerprint density at radius 1 is 1.24 bits per heavy atom. The van der Waals surface area contributed by atoms with Crippen molar-refractivity contribution in [2.45, 2.75) is 13.5 Å². The standard InChI is InChI=1S/C13H11ClO3/c1-9-6-12(17-13(15)7-9)8-16-11-4-2-10(14)3-5-11/h2-7H,8H2,1H3. The lowest BCUT2D eigenvalue weighted by Gasteiger charge is -2.05. The molecule has 17 heavy (non-hydrogen) atoms. The zero-order valence-corrected chi connectivity index (χ0v) is 10.0. The van der Waals surface area contributed by atoms with Gasteiger partial charge in [-0.3, -0.25) is 0 Å². The summed E-state index contributed by atoms with van der Waals surface area (Å²) >= 11 is 5.75. The third kappa shape index (κ3) is 3.36. The van der Waals surface area contributed by atoms with Crippen molar-refractivity contribution in [3.8, 4) is 5.75 Å². The maximum absolute atomic E-state index is 11.1. The Morgan fingerprint density at radius 3 is 2.59 bits per heavy atom. The lowest BCUT2D eigenvalue weighted by molar-refractivity contribution is 0.262. The van der Waals surface area contributed by atoms with Crippen LogP contribution in [-0.2, 0) is 6.61 Å². The molecular formula is C13H11ClO3. The molecule has 0 saturated carbocycles. The summed E-state index contributed by atoms with van der Waals surface area (Å²) in [7, 11) is 0. The van der Waals surface area contributed by atoms with Crippen LogP contribution < -0.4 is 10.4 Å². The molecule has 0 bridgehead atoms. The fourth-order valence-corrected chi connectivity index (χ4v) is 1.55. The molecule has 0 N–H and O–H groups in total. The molecule has 4 heteroatoms. The predicted molar refractivity (Wildman–Crippen MR) is 65.5 cm³/mol. The van der Waals surface area contributed by atoms with E-state index in [0.717, 1.165) is 5.56 Å². The largest absolute Gasteiger partial charge is 0.486 e. The maximum Gasteiger partial charge on any atom is 0.336 e. The van der Waals surface area contributed by atoms with Gasteiger partial charge in [0.1, 0.15) is 18.1 Å². The molecule has 0 spiro atoms. The van der Waals surface area contributed by atoms with Crippen molar-refractivity contribution < 1.29 is 9.15 Å². The fourth-order valence-electron chi connectivity index (χ4n) is 1.43. The van der Waals surface area contributed by atoms with E-state index in [9.17, 15) is 4.79 Å². The molecule has 3 nitrogen and oxygen atoms in total. The Kier molecular flexibility index (Phi) is 3.49. The first kappa shape index (κ1) is 11.7. The van der Waals surface area contributed by atoms with Crippen LogP contribution in [0.15, 0.2) is 45.6 Å². The Morgan fingerprint density at radius 2 is 1.94 bits per heavy atom. The Bertz CT molecular complexity index is 558. The van der Waals surface area contributed by atoms with Gasteiger partial charge in [-0.25, -0.2) is 4.79 Å². The van der Waals surface area contributed by atoms with Crippen molar-refractivity contribution in [2.75, 3.05) is 0 Å². The van der Waals surface area contributed by atoms with E-state index in [-0.39, 0.29) is 12.2 Å². The summed E-state index contributed by atoms with van der Waals surface area (Å²) < 4.78 is 10.5. The van der Waals surface area contributed by atoms with Crippen LogP contribution in [-0.4, -0.2) is 0 Å². The second-order valence-electron chi connectivity index (χ2n) is 3.66. The van der Waals surface area contributed by atoms with Crippen LogP contribution in [0.1, 0.15) is 11.3 Å². The number of benzene rings is 1. The van der Waals surface area contributed by atoms with Gasteiger partial charge in [0.15, 0.2) is 0 Å². The maximum atomic E-state index is 11.1. The van der Waals surface area contributed by atoms with Crippen LogP contribution in [0.2, 0.25) is 5.02 Å². The lowest BCUT2D eigenvalue weighted by atomic mass is 10.3. The summed E-state index contributed by atoms with van der Waals surface area (Å²) in [6.07, 6.45) is 0. The van der Waals surface area contributed by atoms with Crippen molar-refractivity contribution >= 4 is 11.6 Å². The highest BCUT2D eigenvalue weighted by molar-refractivity contribution is 6.30. The molecule has 0 saturated heterocycles. The molecular weight excluding hydrogens is 240 g/mol. The van der Waals surface area contributed by atoms with E-state index < -0.39 is 0 Å². The van der Waals surface area contributed by atoms with Crippen molar-refractivity contribution in [3.05, 3.63) is 63.2 Å². The van der Waals surface area contributed by atoms with Gasteiger partial charge in [-0.05, 0) is 42.8 Å². The quantitative estimate of drug-likeness (QED) is 0.840. The van der Waals surface area contributed by atoms with E-state index >= 15 is 0 Å². The Balaban J connectivity index is 2.07. The minimum Gasteiger partial charge on any atom is -0.486 e. The third-order valence-electron chi connectivity index (χ3n) is 2.16. The summed E-state index contributed by atoms with van der Waals surface area (Å²) in [5, 5.41) is 0.652. The first-order valence-electron chi connectivity index (χ1n) is 5.12. The minimum absolute atomic E-state index is 0.221. The van der Waals surface area contributed by atoms with Crippen LogP contribution >= 0.6 is 11.6 Å². The van der Waals surface area contributed by atoms with E-state index in [1.807, 2.05) is 6.92 Å². The van der Waals surface area contributed by atoms with Gasteiger partial charge in [0.25, 0.3) is 0 Å². The van der Waals surface area contributed by atoms with Crippen molar-refractivity contribution in [3.63, 3.8) is 0 Å². The molecule has 1 aromatic carbocycles. The average molecular weight is 251 g/mol. The van der Waals surface area contributed by atoms with Gasteiger partial charge in [0, 0.05) is 11.1 Å². The summed E-state index contributed by atoms with van der Waals surface area (Å²) in [4.78, 5) is 11.1. The molecule has 0 amide bonds. The molecule has 2 rings (SSSR count). The van der Waals surface area contributed by atoms with Gasteiger partial charge in [0.05, 0.1) is 0 Å². The highest BCUT2D eigenvalue weighted by Gasteiger charge is 2.00. The molecule has 2 aromatic rings. The van der Waals surface area contributed by atoms with Gasteiger partial charge >= 0.3 is 5.63 Å². The molecule has 0 unspecified atom stereocenters. The summed E-state index contributed by atoms with van der Waals surface area (Å²) in [5.74, 6) is 1.18. The number of halogens is 1. The fraction of sp³-hybridized carbons (Fsp3) is 0.154. The van der Waals surface area contributed by atoms with Gasteiger partial charge < -0.3 is 9.15 Å². The zero-order chi connectivity index (χ0) is 12.3. The van der Waals surface area contributed by atoms with Crippen molar-refractivity contribution in [2.24, 2.45) is 0 Å². The van der Waals surface area contributed by atoms with E-state index in [1.54, 1.807) is 30.3 Å². The molecule has 1 aromatic heterocycles. The van der Waals surface area contributed by atoms with Crippen LogP contribution in [0, 0.1) is 6.92 Å². The van der Waals surface area contributed by atoms with Gasteiger partial charge in [-0.2, -0.15) is 0 Å². The highest BCUT2D eigenvalue weighted by atomic mass is 35.5. The average Bonchev–Trinajstić information content (AvgIpc) is 2.27. The van der Waals surface area contributed by atoms with Gasteiger partial charge in [-0.1, -0.05) is 11.6 Å². The molecule has 0 aliphatic heterocycles. The van der Waals surface area contributed by atoms with E-state index in [1.165, 1.54) is 6.07 Å². The van der Waals surface area contributed by atoms with Crippen molar-refractivity contribution in [1.82, 2.24) is 0 Å². The smallest absolute Gasteiger partial charge is 0.336 e. The molecule has 1 heterocycles. The first-order valence-corrected chi connectivity index (χ1v) is 5.50. The summed E-state index contributed by atoms with van der Waals surface area (Å²) in [6, 6.07) is 10.2. The predicted octanol–water partition coefficient (Wildman–Crippen LogP) is 3.18. The second kappa shape index (κ2) is 5.06. The highest BCUT2D eigenvalue weighted by Crippen LogP contribution is 2.16. The number of hydrogen-bond acceptors (Lipinski definition) is 3. The lowest BCUT2D eigenvalue weighted by Crippen LogP contribution is -2.03. The van der Waals surface area contributed by atoms with Crippen LogP contribution in [0.3, 0.4) is 0 Å². The Hall–Kier alpha value is -1.74. The van der Waals surface area contributed by atoms with E-state index in [2.05, 4.69) is 0 Å². The van der Waals surface area contributed by atoms with E-state index in [4.69, 9.17) is 20.8 Å². The Labute approximate surface area is 104 Å². The van der Waals surface area contributed by atoms with Crippen molar-refractivity contribution in [1.29, 1.82) is 0 Å². The SMILES string of the molecule is Cc1cc(COc2ccc(Cl)cc2)oc(=O)c1. The van der Waals surface area contributed by atoms with Crippen LogP contribution in [0.25, 0.3) is 0 Å². The molecule has 88 valence electrons. The topological polar surface area (TPSA) is 39.4 Å². The normalized spacial score (nSPS) is 10.2. The summed E-state index contributed by atoms with van der Waals surface area (Å²) in [5.41, 5.74) is 0.496. The van der Waals surface area contributed by atoms with Gasteiger partial charge in [-0.15, -0.1) is 0 Å². The van der Waals surface area contributed by atoms with E-state index in [0.29, 0.717) is 16.5 Å². The first-order chi connectivity index (χ1) is 8.13. The van der Waals surface area contributed by atoms with Gasteiger partial charge in [0.2, 0.25) is 0 Å². The number of aryl methyl sites for hydroxylation is 1. The molecule has 0 atom stereocenters. The molecule has 0 fully saturated rings. The number of hydrogen-bond donors (Lipinski definition) is 0. The number of ether oxygens (including phenoxy) is 1. The third-order valence-corrected chi connectivity index (χ3v) is 2.41. The molecule has 0 radical (unpaired) electrons. The molecule has 0 aliphatic carbocycles. The zero-order valence-electron chi connectivity index (χ0n) is 9.27. The minimum atomic E-state index is -0.361. The van der Waals surface area contributed by atoms with Crippen LogP contribution in [0.4, 0.5) is 0 Å². The monoisotopic (exact) mass is 250 g/mol. The number of rotatable bonds is 3. The van der Waals surface area contributed by atoms with Crippen LogP contribution in [0.5, 0.6) is 5.75 Å². The molecule has 0 aliphatic rings. The second-order valence-corrected chi connectivity index (χ2v) is 4.10.